The summed E-state index contributed by atoms with van der Waals surface area (Å²) in [7, 11) is 1.69. The van der Waals surface area contributed by atoms with E-state index in [0.717, 1.165) is 22.5 Å². The third-order valence-electron chi connectivity index (χ3n) is 2.50. The lowest BCUT2D eigenvalue weighted by molar-refractivity contribution is 0.184. The van der Waals surface area contributed by atoms with Crippen LogP contribution in [0, 0.1) is 0 Å². The van der Waals surface area contributed by atoms with E-state index in [1.165, 1.54) is 0 Å². The van der Waals surface area contributed by atoms with Gasteiger partial charge in [0.2, 0.25) is 5.28 Å². The number of thiophene rings is 1. The smallest absolute Gasteiger partial charge is 0.225 e. The number of hydrogen-bond donors (Lipinski definition) is 1. The number of ether oxygens (including phenoxy) is 1. The normalized spacial score (nSPS) is 12.9. The molecule has 2 aromatic heterocycles. The SMILES string of the molecule is CCC(COC)Nc1nc(Cl)nc2sccc12. The largest absolute Gasteiger partial charge is 0.383 e. The van der Waals surface area contributed by atoms with Gasteiger partial charge in [0.1, 0.15) is 10.6 Å². The summed E-state index contributed by atoms with van der Waals surface area (Å²) in [5, 5.41) is 6.61. The number of hydrogen-bond acceptors (Lipinski definition) is 5. The Morgan fingerprint density at radius 3 is 3.06 bits per heavy atom. The van der Waals surface area contributed by atoms with Crippen LogP contribution in [0.5, 0.6) is 0 Å². The van der Waals surface area contributed by atoms with Gasteiger partial charge >= 0.3 is 0 Å². The predicted octanol–water partition coefficient (Wildman–Crippen LogP) is 3.18. The van der Waals surface area contributed by atoms with Crippen LogP contribution in [0.25, 0.3) is 10.2 Å². The molecule has 4 nitrogen and oxygen atoms in total. The number of methoxy groups -OCH3 is 1. The van der Waals surface area contributed by atoms with Gasteiger partial charge in [-0.05, 0) is 29.5 Å². The summed E-state index contributed by atoms with van der Waals surface area (Å²) in [6.07, 6.45) is 0.959. The fourth-order valence-electron chi connectivity index (χ4n) is 1.60. The van der Waals surface area contributed by atoms with Crippen molar-refractivity contribution in [3.63, 3.8) is 0 Å². The van der Waals surface area contributed by atoms with E-state index in [4.69, 9.17) is 16.3 Å². The van der Waals surface area contributed by atoms with Gasteiger partial charge in [0, 0.05) is 7.11 Å². The van der Waals surface area contributed by atoms with Gasteiger partial charge in [0.05, 0.1) is 18.0 Å². The molecule has 92 valence electrons. The number of halogens is 1. The lowest BCUT2D eigenvalue weighted by atomic mass is 10.2. The van der Waals surface area contributed by atoms with Gasteiger partial charge in [-0.25, -0.2) is 9.97 Å². The van der Waals surface area contributed by atoms with E-state index in [0.29, 0.717) is 6.61 Å². The summed E-state index contributed by atoms with van der Waals surface area (Å²) in [6.45, 7) is 2.74. The molecule has 1 N–H and O–H groups in total. The first-order valence-electron chi connectivity index (χ1n) is 5.40. The molecule has 0 amide bonds. The second kappa shape index (κ2) is 5.62. The molecule has 2 aromatic rings. The molecule has 0 aliphatic rings. The van der Waals surface area contributed by atoms with E-state index in [1.54, 1.807) is 18.4 Å². The summed E-state index contributed by atoms with van der Waals surface area (Å²) >= 11 is 7.45. The van der Waals surface area contributed by atoms with Crippen LogP contribution < -0.4 is 5.32 Å². The van der Waals surface area contributed by atoms with E-state index in [2.05, 4.69) is 22.2 Å². The first-order valence-corrected chi connectivity index (χ1v) is 6.66. The minimum absolute atomic E-state index is 0.231. The van der Waals surface area contributed by atoms with Gasteiger partial charge < -0.3 is 10.1 Å². The number of aromatic nitrogens is 2. The molecule has 0 fully saturated rings. The zero-order valence-corrected chi connectivity index (χ0v) is 11.3. The Hall–Kier alpha value is -0.910. The Kier molecular flexibility index (Phi) is 4.15. The molecule has 17 heavy (non-hydrogen) atoms. The Morgan fingerprint density at radius 1 is 1.53 bits per heavy atom. The number of nitrogens with zero attached hydrogens (tertiary/aromatic N) is 2. The zero-order valence-electron chi connectivity index (χ0n) is 9.74. The molecule has 0 saturated heterocycles. The maximum Gasteiger partial charge on any atom is 0.225 e. The summed E-state index contributed by atoms with van der Waals surface area (Å²) < 4.78 is 5.15. The van der Waals surface area contributed by atoms with Gasteiger partial charge in [-0.2, -0.15) is 0 Å². The van der Waals surface area contributed by atoms with Gasteiger partial charge in [-0.1, -0.05) is 6.92 Å². The molecule has 0 aliphatic heterocycles. The van der Waals surface area contributed by atoms with Gasteiger partial charge in [0.25, 0.3) is 0 Å². The monoisotopic (exact) mass is 271 g/mol. The van der Waals surface area contributed by atoms with Crippen LogP contribution >= 0.6 is 22.9 Å². The van der Waals surface area contributed by atoms with Crippen molar-refractivity contribution in [2.24, 2.45) is 0 Å². The molecule has 0 bridgehead atoms. The Balaban J connectivity index is 2.30. The van der Waals surface area contributed by atoms with Crippen LogP contribution in [0.4, 0.5) is 5.82 Å². The van der Waals surface area contributed by atoms with Gasteiger partial charge in [0.15, 0.2) is 0 Å². The molecule has 1 atom stereocenters. The molecule has 0 aliphatic carbocycles. The van der Waals surface area contributed by atoms with Crippen LogP contribution in [0.2, 0.25) is 5.28 Å². The van der Waals surface area contributed by atoms with E-state index < -0.39 is 0 Å². The zero-order chi connectivity index (χ0) is 12.3. The predicted molar refractivity (Wildman–Crippen MR) is 72.0 cm³/mol. The minimum Gasteiger partial charge on any atom is -0.383 e. The molecule has 0 spiro atoms. The average molecular weight is 272 g/mol. The Bertz CT molecular complexity index is 502. The van der Waals surface area contributed by atoms with Crippen molar-refractivity contribution in [3.05, 3.63) is 16.7 Å². The third-order valence-corrected chi connectivity index (χ3v) is 3.47. The first-order chi connectivity index (χ1) is 8.24. The molecule has 0 aromatic carbocycles. The number of fused-ring (bicyclic) bond motifs is 1. The first kappa shape index (κ1) is 12.5. The fraction of sp³-hybridized carbons (Fsp3) is 0.455. The number of nitrogens with one attached hydrogen (secondary N) is 1. The molecule has 1 unspecified atom stereocenters. The summed E-state index contributed by atoms with van der Waals surface area (Å²) in [6, 6.07) is 2.23. The second-order valence-electron chi connectivity index (χ2n) is 3.69. The summed E-state index contributed by atoms with van der Waals surface area (Å²) in [5.41, 5.74) is 0. The topological polar surface area (TPSA) is 47.0 Å². The molecule has 0 radical (unpaired) electrons. The highest BCUT2D eigenvalue weighted by Gasteiger charge is 2.12. The van der Waals surface area contributed by atoms with Gasteiger partial charge in [-0.15, -0.1) is 11.3 Å². The average Bonchev–Trinajstić information content (AvgIpc) is 2.76. The highest BCUT2D eigenvalue weighted by molar-refractivity contribution is 7.16. The quantitative estimate of drug-likeness (QED) is 0.849. The molecular formula is C11H14ClN3OS. The highest BCUT2D eigenvalue weighted by atomic mass is 35.5. The van der Waals surface area contributed by atoms with Crippen molar-refractivity contribution in [2.45, 2.75) is 19.4 Å². The second-order valence-corrected chi connectivity index (χ2v) is 4.92. The number of rotatable bonds is 5. The minimum atomic E-state index is 0.231. The van der Waals surface area contributed by atoms with Crippen molar-refractivity contribution < 1.29 is 4.74 Å². The number of anilines is 1. The summed E-state index contributed by atoms with van der Waals surface area (Å²) in [4.78, 5) is 9.32. The van der Waals surface area contributed by atoms with Crippen molar-refractivity contribution in [1.82, 2.24) is 9.97 Å². The van der Waals surface area contributed by atoms with Crippen molar-refractivity contribution >= 4 is 39.0 Å². The third kappa shape index (κ3) is 2.86. The highest BCUT2D eigenvalue weighted by Crippen LogP contribution is 2.27. The molecular weight excluding hydrogens is 258 g/mol. The van der Waals surface area contributed by atoms with Gasteiger partial charge in [-0.3, -0.25) is 0 Å². The van der Waals surface area contributed by atoms with Crippen LogP contribution in [0.15, 0.2) is 11.4 Å². The van der Waals surface area contributed by atoms with Crippen LogP contribution in [-0.2, 0) is 4.74 Å². The van der Waals surface area contributed by atoms with Crippen molar-refractivity contribution in [1.29, 1.82) is 0 Å². The van der Waals surface area contributed by atoms with Crippen molar-refractivity contribution in [2.75, 3.05) is 19.0 Å². The molecule has 2 heterocycles. The lowest BCUT2D eigenvalue weighted by Crippen LogP contribution is -2.24. The summed E-state index contributed by atoms with van der Waals surface area (Å²) in [5.74, 6) is 0.783. The van der Waals surface area contributed by atoms with Crippen LogP contribution in [0.3, 0.4) is 0 Å². The van der Waals surface area contributed by atoms with Crippen LogP contribution in [-0.4, -0.2) is 29.7 Å². The molecule has 6 heteroatoms. The fourth-order valence-corrected chi connectivity index (χ4v) is 2.58. The Labute approximate surface area is 109 Å². The van der Waals surface area contributed by atoms with Crippen LogP contribution in [0.1, 0.15) is 13.3 Å². The van der Waals surface area contributed by atoms with Crippen molar-refractivity contribution in [3.8, 4) is 0 Å². The molecule has 0 saturated carbocycles. The van der Waals surface area contributed by atoms with E-state index in [-0.39, 0.29) is 11.3 Å². The van der Waals surface area contributed by atoms with E-state index in [9.17, 15) is 0 Å². The maximum absolute atomic E-state index is 5.90. The standard InChI is InChI=1S/C11H14ClN3OS/c1-3-7(6-16-2)13-9-8-4-5-17-10(8)15-11(12)14-9/h4-5,7H,3,6H2,1-2H3,(H,13,14,15). The Morgan fingerprint density at radius 2 is 2.35 bits per heavy atom. The maximum atomic E-state index is 5.90. The van der Waals surface area contributed by atoms with E-state index >= 15 is 0 Å². The molecule has 2 rings (SSSR count). The lowest BCUT2D eigenvalue weighted by Gasteiger charge is -2.17. The van der Waals surface area contributed by atoms with E-state index in [1.807, 2.05) is 11.4 Å².